The number of hydrogen-bond acceptors (Lipinski definition) is 5. The Morgan fingerprint density at radius 1 is 1.35 bits per heavy atom. The van der Waals surface area contributed by atoms with Crippen LogP contribution in [0, 0.1) is 10.1 Å². The molecule has 0 unspecified atom stereocenters. The molecule has 0 aromatic heterocycles. The van der Waals surface area contributed by atoms with Gasteiger partial charge in [-0.25, -0.2) is 4.99 Å². The van der Waals surface area contributed by atoms with E-state index in [9.17, 15) is 10.1 Å². The fourth-order valence-electron chi connectivity index (χ4n) is 2.50. The van der Waals surface area contributed by atoms with Crippen molar-refractivity contribution in [1.29, 1.82) is 0 Å². The second-order valence-electron chi connectivity index (χ2n) is 5.82. The van der Waals surface area contributed by atoms with Crippen molar-refractivity contribution in [3.8, 4) is 0 Å². The predicted octanol–water partition coefficient (Wildman–Crippen LogP) is 2.42. The molecule has 2 atom stereocenters. The zero-order valence-electron chi connectivity index (χ0n) is 11.6. The standard InChI is InChI=1S/C14H16N2O4/c1-9-14(20-9,12-15-13(2,3)8-19-12)10-4-6-11(7-5-10)16(17)18/h4-7,9H,8H2,1-3H3/t9-,14+/m1/s1. The van der Waals surface area contributed by atoms with Crippen LogP contribution in [0.3, 0.4) is 0 Å². The summed E-state index contributed by atoms with van der Waals surface area (Å²) >= 11 is 0. The SMILES string of the molecule is C[C@H]1O[C@]1(C1=NC(C)(C)CO1)c1ccc([N+](=O)[O-])cc1. The quantitative estimate of drug-likeness (QED) is 0.482. The monoisotopic (exact) mass is 276 g/mol. The molecule has 1 fully saturated rings. The fourth-order valence-corrected chi connectivity index (χ4v) is 2.50. The molecular formula is C14H16N2O4. The zero-order valence-corrected chi connectivity index (χ0v) is 11.6. The molecule has 2 aliphatic rings. The van der Waals surface area contributed by atoms with E-state index < -0.39 is 10.5 Å². The molecule has 0 aliphatic carbocycles. The third kappa shape index (κ3) is 1.87. The Kier molecular flexibility index (Phi) is 2.62. The van der Waals surface area contributed by atoms with E-state index in [2.05, 4.69) is 4.99 Å². The maximum Gasteiger partial charge on any atom is 0.269 e. The molecule has 0 N–H and O–H groups in total. The van der Waals surface area contributed by atoms with Crippen molar-refractivity contribution in [3.05, 3.63) is 39.9 Å². The van der Waals surface area contributed by atoms with Crippen LogP contribution >= 0.6 is 0 Å². The fraction of sp³-hybridized carbons (Fsp3) is 0.500. The summed E-state index contributed by atoms with van der Waals surface area (Å²) in [5.74, 6) is 0.573. The smallest absolute Gasteiger partial charge is 0.269 e. The number of nitro benzene ring substituents is 1. The lowest BCUT2D eigenvalue weighted by atomic mass is 9.95. The third-order valence-electron chi connectivity index (χ3n) is 3.67. The minimum Gasteiger partial charge on any atom is -0.476 e. The van der Waals surface area contributed by atoms with Gasteiger partial charge in [-0.2, -0.15) is 0 Å². The number of rotatable bonds is 3. The predicted molar refractivity (Wildman–Crippen MR) is 72.8 cm³/mol. The first-order valence-electron chi connectivity index (χ1n) is 6.51. The zero-order chi connectivity index (χ0) is 14.5. The molecule has 0 saturated carbocycles. The van der Waals surface area contributed by atoms with Gasteiger partial charge < -0.3 is 9.47 Å². The van der Waals surface area contributed by atoms with Crippen LogP contribution in [0.1, 0.15) is 26.3 Å². The van der Waals surface area contributed by atoms with E-state index in [1.54, 1.807) is 12.1 Å². The van der Waals surface area contributed by atoms with Gasteiger partial charge in [0, 0.05) is 12.1 Å². The van der Waals surface area contributed by atoms with Gasteiger partial charge in [-0.15, -0.1) is 0 Å². The molecule has 0 bridgehead atoms. The molecule has 2 heterocycles. The van der Waals surface area contributed by atoms with Gasteiger partial charge in [-0.1, -0.05) is 0 Å². The summed E-state index contributed by atoms with van der Waals surface area (Å²) in [7, 11) is 0. The van der Waals surface area contributed by atoms with Gasteiger partial charge >= 0.3 is 0 Å². The van der Waals surface area contributed by atoms with Crippen LogP contribution in [0.5, 0.6) is 0 Å². The number of benzene rings is 1. The maximum atomic E-state index is 10.7. The van der Waals surface area contributed by atoms with Gasteiger partial charge in [-0.3, -0.25) is 10.1 Å². The summed E-state index contributed by atoms with van der Waals surface area (Å²) in [6, 6.07) is 6.37. The highest BCUT2D eigenvalue weighted by molar-refractivity contribution is 5.91. The van der Waals surface area contributed by atoms with E-state index in [-0.39, 0.29) is 17.3 Å². The number of epoxide rings is 1. The molecule has 6 nitrogen and oxygen atoms in total. The molecular weight excluding hydrogens is 260 g/mol. The van der Waals surface area contributed by atoms with Gasteiger partial charge in [0.25, 0.3) is 5.69 Å². The second-order valence-corrected chi connectivity index (χ2v) is 5.82. The first-order chi connectivity index (χ1) is 9.35. The van der Waals surface area contributed by atoms with Crippen molar-refractivity contribution in [2.75, 3.05) is 6.61 Å². The van der Waals surface area contributed by atoms with Crippen LogP contribution in [-0.2, 0) is 15.1 Å². The molecule has 0 radical (unpaired) electrons. The second kappa shape index (κ2) is 4.02. The van der Waals surface area contributed by atoms with Gasteiger partial charge in [0.05, 0.1) is 16.6 Å². The Hall–Kier alpha value is -1.95. The summed E-state index contributed by atoms with van der Waals surface area (Å²) in [6.07, 6.45) is -0.0448. The van der Waals surface area contributed by atoms with Gasteiger partial charge in [0.2, 0.25) is 5.90 Å². The lowest BCUT2D eigenvalue weighted by molar-refractivity contribution is -0.384. The number of ether oxygens (including phenoxy) is 2. The Morgan fingerprint density at radius 3 is 2.35 bits per heavy atom. The van der Waals surface area contributed by atoms with Crippen LogP contribution in [0.4, 0.5) is 5.69 Å². The van der Waals surface area contributed by atoms with E-state index in [1.165, 1.54) is 12.1 Å². The number of nitrogens with zero attached hydrogens (tertiary/aromatic N) is 2. The van der Waals surface area contributed by atoms with Crippen molar-refractivity contribution in [1.82, 2.24) is 0 Å². The summed E-state index contributed by atoms with van der Waals surface area (Å²) in [6.45, 7) is 6.46. The summed E-state index contributed by atoms with van der Waals surface area (Å²) < 4.78 is 11.4. The van der Waals surface area contributed by atoms with Crippen molar-refractivity contribution in [2.24, 2.45) is 4.99 Å². The van der Waals surface area contributed by atoms with Crippen LogP contribution in [0.15, 0.2) is 29.3 Å². The summed E-state index contributed by atoms with van der Waals surface area (Å²) in [5.41, 5.74) is -0.0311. The van der Waals surface area contributed by atoms with Crippen molar-refractivity contribution in [2.45, 2.75) is 38.0 Å². The molecule has 2 aliphatic heterocycles. The highest BCUT2D eigenvalue weighted by atomic mass is 16.6. The largest absolute Gasteiger partial charge is 0.476 e. The number of hydrogen-bond donors (Lipinski definition) is 0. The van der Waals surface area contributed by atoms with E-state index in [4.69, 9.17) is 9.47 Å². The molecule has 1 aromatic rings. The van der Waals surface area contributed by atoms with Crippen LogP contribution in [0.2, 0.25) is 0 Å². The molecule has 1 aromatic carbocycles. The van der Waals surface area contributed by atoms with Gasteiger partial charge in [0.15, 0.2) is 5.60 Å². The van der Waals surface area contributed by atoms with Gasteiger partial charge in [0.1, 0.15) is 6.61 Å². The third-order valence-corrected chi connectivity index (χ3v) is 3.67. The topological polar surface area (TPSA) is 77.3 Å². The minimum atomic E-state index is -0.678. The van der Waals surface area contributed by atoms with E-state index >= 15 is 0 Å². The van der Waals surface area contributed by atoms with Gasteiger partial charge in [-0.05, 0) is 38.5 Å². The average molecular weight is 276 g/mol. The number of aliphatic imine (C=N–C) groups is 1. The van der Waals surface area contributed by atoms with Crippen molar-refractivity contribution >= 4 is 11.6 Å². The maximum absolute atomic E-state index is 10.7. The van der Waals surface area contributed by atoms with E-state index in [0.717, 1.165) is 5.56 Å². The number of non-ortho nitro benzene ring substituents is 1. The Labute approximate surface area is 116 Å². The Bertz CT molecular complexity index is 594. The number of nitro groups is 1. The summed E-state index contributed by atoms with van der Waals surface area (Å²) in [4.78, 5) is 14.9. The molecule has 106 valence electrons. The van der Waals surface area contributed by atoms with Crippen LogP contribution in [-0.4, -0.2) is 29.1 Å². The van der Waals surface area contributed by atoms with E-state index in [1.807, 2.05) is 20.8 Å². The molecule has 0 amide bonds. The first kappa shape index (κ1) is 13.1. The molecule has 1 saturated heterocycles. The van der Waals surface area contributed by atoms with E-state index in [0.29, 0.717) is 12.5 Å². The molecule has 3 rings (SSSR count). The average Bonchev–Trinajstić information content (AvgIpc) is 2.94. The molecule has 6 heteroatoms. The minimum absolute atomic E-state index is 0.0448. The highest BCUT2D eigenvalue weighted by Gasteiger charge is 2.62. The molecule has 0 spiro atoms. The molecule has 20 heavy (non-hydrogen) atoms. The lowest BCUT2D eigenvalue weighted by Gasteiger charge is -2.12. The van der Waals surface area contributed by atoms with Crippen molar-refractivity contribution < 1.29 is 14.4 Å². The van der Waals surface area contributed by atoms with Crippen molar-refractivity contribution in [3.63, 3.8) is 0 Å². The Balaban J connectivity index is 1.96. The lowest BCUT2D eigenvalue weighted by Crippen LogP contribution is -2.24. The highest BCUT2D eigenvalue weighted by Crippen LogP contribution is 2.49. The normalized spacial score (nSPS) is 30.6. The summed E-state index contributed by atoms with van der Waals surface area (Å²) in [5, 5.41) is 10.7. The van der Waals surface area contributed by atoms with Crippen LogP contribution < -0.4 is 0 Å². The first-order valence-corrected chi connectivity index (χ1v) is 6.51. The Morgan fingerprint density at radius 2 is 1.95 bits per heavy atom. The van der Waals surface area contributed by atoms with Crippen LogP contribution in [0.25, 0.3) is 0 Å².